The predicted molar refractivity (Wildman–Crippen MR) is 71.1 cm³/mol. The number of nitrogens with zero attached hydrogens (tertiary/aromatic N) is 3. The van der Waals surface area contributed by atoms with E-state index >= 15 is 0 Å². The van der Waals surface area contributed by atoms with E-state index in [2.05, 4.69) is 27.2 Å². The number of fused-ring (bicyclic) bond motifs is 2. The fourth-order valence-electron chi connectivity index (χ4n) is 3.45. The van der Waals surface area contributed by atoms with Crippen LogP contribution in [0.1, 0.15) is 37.8 Å². The maximum Gasteiger partial charge on any atom is 0.0724 e. The molecule has 2 saturated heterocycles. The third-order valence-corrected chi connectivity index (χ3v) is 4.53. The Morgan fingerprint density at radius 3 is 2.72 bits per heavy atom. The molecule has 1 aromatic rings. The molecule has 2 unspecified atom stereocenters. The SMILES string of the molecule is CN1C2CCCC1CC(NCc1cnccn1)C2. The molecule has 2 aliphatic rings. The first-order chi connectivity index (χ1) is 8.83. The Kier molecular flexibility index (Phi) is 3.57. The first-order valence-corrected chi connectivity index (χ1v) is 7.03. The van der Waals surface area contributed by atoms with Crippen LogP contribution >= 0.6 is 0 Å². The average molecular weight is 246 g/mol. The molecule has 0 radical (unpaired) electrons. The summed E-state index contributed by atoms with van der Waals surface area (Å²) in [6.07, 6.45) is 12.1. The first kappa shape index (κ1) is 12.1. The maximum atomic E-state index is 4.31. The Balaban J connectivity index is 1.55. The highest BCUT2D eigenvalue weighted by molar-refractivity contribution is 4.97. The third-order valence-electron chi connectivity index (χ3n) is 4.53. The van der Waals surface area contributed by atoms with Crippen molar-refractivity contribution in [2.75, 3.05) is 7.05 Å². The normalized spacial score (nSPS) is 32.4. The van der Waals surface area contributed by atoms with Crippen LogP contribution in [0.15, 0.2) is 18.6 Å². The summed E-state index contributed by atoms with van der Waals surface area (Å²) in [5.41, 5.74) is 1.04. The second kappa shape index (κ2) is 5.33. The lowest BCUT2D eigenvalue weighted by Crippen LogP contribution is -2.54. The van der Waals surface area contributed by atoms with Crippen LogP contribution in [0.3, 0.4) is 0 Å². The molecule has 0 aromatic carbocycles. The van der Waals surface area contributed by atoms with E-state index in [9.17, 15) is 0 Å². The van der Waals surface area contributed by atoms with Crippen molar-refractivity contribution in [2.24, 2.45) is 0 Å². The largest absolute Gasteiger partial charge is 0.308 e. The highest BCUT2D eigenvalue weighted by atomic mass is 15.2. The summed E-state index contributed by atoms with van der Waals surface area (Å²) in [5, 5.41) is 3.66. The Bertz CT molecular complexity index is 367. The minimum Gasteiger partial charge on any atom is -0.308 e. The Morgan fingerprint density at radius 1 is 1.28 bits per heavy atom. The number of hydrogen-bond acceptors (Lipinski definition) is 4. The Labute approximate surface area is 109 Å². The monoisotopic (exact) mass is 246 g/mol. The molecule has 1 N–H and O–H groups in total. The van der Waals surface area contributed by atoms with Gasteiger partial charge in [0, 0.05) is 43.3 Å². The van der Waals surface area contributed by atoms with E-state index in [1.54, 1.807) is 12.4 Å². The molecular weight excluding hydrogens is 224 g/mol. The highest BCUT2D eigenvalue weighted by Crippen LogP contribution is 2.32. The lowest BCUT2D eigenvalue weighted by Gasteiger charge is -2.47. The second-order valence-electron chi connectivity index (χ2n) is 5.65. The van der Waals surface area contributed by atoms with Gasteiger partial charge in [-0.3, -0.25) is 9.97 Å². The van der Waals surface area contributed by atoms with Crippen LogP contribution in [0.4, 0.5) is 0 Å². The summed E-state index contributed by atoms with van der Waals surface area (Å²) in [7, 11) is 2.30. The molecule has 18 heavy (non-hydrogen) atoms. The van der Waals surface area contributed by atoms with Gasteiger partial charge >= 0.3 is 0 Å². The lowest BCUT2D eigenvalue weighted by atomic mass is 9.82. The number of piperidine rings is 2. The topological polar surface area (TPSA) is 41.0 Å². The summed E-state index contributed by atoms with van der Waals surface area (Å²) in [6.45, 7) is 0.849. The van der Waals surface area contributed by atoms with E-state index in [1.165, 1.54) is 32.1 Å². The van der Waals surface area contributed by atoms with Crippen molar-refractivity contribution >= 4 is 0 Å². The molecule has 0 aliphatic carbocycles. The zero-order valence-electron chi connectivity index (χ0n) is 11.0. The van der Waals surface area contributed by atoms with Gasteiger partial charge in [-0.1, -0.05) is 6.42 Å². The molecule has 4 heteroatoms. The summed E-state index contributed by atoms with van der Waals surface area (Å²) >= 11 is 0. The third kappa shape index (κ3) is 2.54. The molecule has 1 aromatic heterocycles. The number of hydrogen-bond donors (Lipinski definition) is 1. The molecule has 0 spiro atoms. The fourth-order valence-corrected chi connectivity index (χ4v) is 3.45. The van der Waals surface area contributed by atoms with Crippen molar-refractivity contribution in [3.8, 4) is 0 Å². The maximum absolute atomic E-state index is 4.31. The van der Waals surface area contributed by atoms with Gasteiger partial charge in [0.2, 0.25) is 0 Å². The van der Waals surface area contributed by atoms with Crippen LogP contribution in [0.25, 0.3) is 0 Å². The highest BCUT2D eigenvalue weighted by Gasteiger charge is 2.35. The quantitative estimate of drug-likeness (QED) is 0.879. The van der Waals surface area contributed by atoms with E-state index in [4.69, 9.17) is 0 Å². The van der Waals surface area contributed by atoms with Crippen LogP contribution in [0.2, 0.25) is 0 Å². The molecule has 2 bridgehead atoms. The summed E-state index contributed by atoms with van der Waals surface area (Å²) in [6, 6.07) is 2.23. The molecule has 3 heterocycles. The van der Waals surface area contributed by atoms with E-state index in [0.29, 0.717) is 6.04 Å². The van der Waals surface area contributed by atoms with Crippen molar-refractivity contribution in [3.05, 3.63) is 24.3 Å². The minimum absolute atomic E-state index is 0.651. The van der Waals surface area contributed by atoms with Gasteiger partial charge in [-0.05, 0) is 32.7 Å². The minimum atomic E-state index is 0.651. The van der Waals surface area contributed by atoms with Gasteiger partial charge < -0.3 is 10.2 Å². The molecule has 2 fully saturated rings. The van der Waals surface area contributed by atoms with Crippen LogP contribution in [0.5, 0.6) is 0 Å². The number of rotatable bonds is 3. The zero-order valence-corrected chi connectivity index (χ0v) is 11.0. The van der Waals surface area contributed by atoms with Gasteiger partial charge in [0.15, 0.2) is 0 Å². The van der Waals surface area contributed by atoms with Gasteiger partial charge in [-0.2, -0.15) is 0 Å². The van der Waals surface area contributed by atoms with Gasteiger partial charge in [0.25, 0.3) is 0 Å². The molecular formula is C14H22N4. The van der Waals surface area contributed by atoms with Crippen molar-refractivity contribution in [3.63, 3.8) is 0 Å². The van der Waals surface area contributed by atoms with Crippen LogP contribution < -0.4 is 5.32 Å². The standard InChI is InChI=1S/C14H22N4/c1-18-13-3-2-4-14(18)8-11(7-13)17-10-12-9-15-5-6-16-12/h5-6,9,11,13-14,17H,2-4,7-8,10H2,1H3. The van der Waals surface area contributed by atoms with Gasteiger partial charge in [0.05, 0.1) is 5.69 Å². The van der Waals surface area contributed by atoms with Crippen LogP contribution in [-0.2, 0) is 6.54 Å². The second-order valence-corrected chi connectivity index (χ2v) is 5.65. The van der Waals surface area contributed by atoms with Crippen molar-refractivity contribution in [1.29, 1.82) is 0 Å². The number of nitrogens with one attached hydrogen (secondary N) is 1. The Hall–Kier alpha value is -1.00. The Morgan fingerprint density at radius 2 is 2.06 bits per heavy atom. The van der Waals surface area contributed by atoms with Gasteiger partial charge in [-0.15, -0.1) is 0 Å². The number of aromatic nitrogens is 2. The molecule has 0 amide bonds. The van der Waals surface area contributed by atoms with Gasteiger partial charge in [0.1, 0.15) is 0 Å². The lowest BCUT2D eigenvalue weighted by molar-refractivity contribution is 0.0481. The fraction of sp³-hybridized carbons (Fsp3) is 0.714. The average Bonchev–Trinajstić information content (AvgIpc) is 2.38. The van der Waals surface area contributed by atoms with Crippen molar-refractivity contribution in [2.45, 2.75) is 56.8 Å². The molecule has 2 atom stereocenters. The predicted octanol–water partition coefficient (Wildman–Crippen LogP) is 1.58. The van der Waals surface area contributed by atoms with Crippen LogP contribution in [-0.4, -0.2) is 40.0 Å². The smallest absolute Gasteiger partial charge is 0.0724 e. The van der Waals surface area contributed by atoms with E-state index in [-0.39, 0.29) is 0 Å². The molecule has 98 valence electrons. The summed E-state index contributed by atoms with van der Waals surface area (Å²) < 4.78 is 0. The molecule has 0 saturated carbocycles. The van der Waals surface area contributed by atoms with E-state index < -0.39 is 0 Å². The van der Waals surface area contributed by atoms with E-state index in [0.717, 1.165) is 24.3 Å². The van der Waals surface area contributed by atoms with Crippen LogP contribution in [0, 0.1) is 0 Å². The zero-order chi connectivity index (χ0) is 12.4. The van der Waals surface area contributed by atoms with Crippen molar-refractivity contribution in [1.82, 2.24) is 20.2 Å². The van der Waals surface area contributed by atoms with E-state index in [1.807, 2.05) is 6.20 Å². The molecule has 2 aliphatic heterocycles. The van der Waals surface area contributed by atoms with Crippen molar-refractivity contribution < 1.29 is 0 Å². The van der Waals surface area contributed by atoms with Gasteiger partial charge in [-0.25, -0.2) is 0 Å². The first-order valence-electron chi connectivity index (χ1n) is 7.03. The molecule has 4 nitrogen and oxygen atoms in total. The molecule has 3 rings (SSSR count). The summed E-state index contributed by atoms with van der Waals surface area (Å²) in [5.74, 6) is 0. The summed E-state index contributed by atoms with van der Waals surface area (Å²) in [4.78, 5) is 11.0.